The first-order chi connectivity index (χ1) is 14.8. The first-order valence-electron chi connectivity index (χ1n) is 9.52. The second kappa shape index (κ2) is 9.44. The predicted molar refractivity (Wildman–Crippen MR) is 124 cm³/mol. The van der Waals surface area contributed by atoms with Crippen LogP contribution in [0, 0.1) is 0 Å². The number of rotatable bonds is 8. The van der Waals surface area contributed by atoms with Crippen LogP contribution in [-0.2, 0) is 10.0 Å². The van der Waals surface area contributed by atoms with Gasteiger partial charge in [-0.3, -0.25) is 4.79 Å². The fourth-order valence-electron chi connectivity index (χ4n) is 3.16. The maximum Gasteiger partial charge on any atom is 0.267 e. The van der Waals surface area contributed by atoms with Crippen molar-refractivity contribution in [1.29, 1.82) is 0 Å². The van der Waals surface area contributed by atoms with E-state index < -0.39 is 15.9 Å². The molecule has 3 rings (SSSR count). The lowest BCUT2D eigenvalue weighted by molar-refractivity contribution is 0.103. The first-order valence-corrected chi connectivity index (χ1v) is 12.2. The standard InChI is InChI=1S/C21H23ClN2O5S2/c1-5-24(6-2)31(26,27)14-8-9-17(29-4)16(12-14)23-21(25)20-19(22)15-11-13(28-3)7-10-18(15)30-20/h7-12H,5-6H2,1-4H3,(H,23,25). The molecule has 1 heterocycles. The molecule has 2 aromatic carbocycles. The Bertz CT molecular complexity index is 1220. The molecular weight excluding hydrogens is 460 g/mol. The van der Waals surface area contributed by atoms with Crippen molar-refractivity contribution in [3.8, 4) is 11.5 Å². The number of nitrogens with one attached hydrogen (secondary N) is 1. The Kier molecular flexibility index (Phi) is 7.10. The summed E-state index contributed by atoms with van der Waals surface area (Å²) in [4.78, 5) is 13.4. The van der Waals surface area contributed by atoms with Crippen LogP contribution in [0.1, 0.15) is 23.5 Å². The minimum absolute atomic E-state index is 0.0690. The molecule has 1 N–H and O–H groups in total. The molecule has 166 valence electrons. The number of sulfonamides is 1. The van der Waals surface area contributed by atoms with Crippen LogP contribution in [0.15, 0.2) is 41.3 Å². The summed E-state index contributed by atoms with van der Waals surface area (Å²) in [6.07, 6.45) is 0. The third kappa shape index (κ3) is 4.50. The highest BCUT2D eigenvalue weighted by molar-refractivity contribution is 7.89. The van der Waals surface area contributed by atoms with Gasteiger partial charge in [0.05, 0.1) is 29.8 Å². The van der Waals surface area contributed by atoms with Crippen molar-refractivity contribution in [2.45, 2.75) is 18.7 Å². The average molecular weight is 483 g/mol. The van der Waals surface area contributed by atoms with Gasteiger partial charge >= 0.3 is 0 Å². The minimum Gasteiger partial charge on any atom is -0.497 e. The molecule has 1 aromatic heterocycles. The van der Waals surface area contributed by atoms with Crippen molar-refractivity contribution in [3.63, 3.8) is 0 Å². The van der Waals surface area contributed by atoms with E-state index in [0.717, 1.165) is 4.70 Å². The monoisotopic (exact) mass is 482 g/mol. The van der Waals surface area contributed by atoms with Crippen LogP contribution >= 0.6 is 22.9 Å². The van der Waals surface area contributed by atoms with Crippen molar-refractivity contribution in [1.82, 2.24) is 4.31 Å². The topological polar surface area (TPSA) is 84.9 Å². The highest BCUT2D eigenvalue weighted by atomic mass is 35.5. The van der Waals surface area contributed by atoms with E-state index in [1.165, 1.54) is 41.0 Å². The molecule has 0 aliphatic carbocycles. The summed E-state index contributed by atoms with van der Waals surface area (Å²) in [6.45, 7) is 4.22. The molecule has 0 bridgehead atoms. The molecule has 31 heavy (non-hydrogen) atoms. The van der Waals surface area contributed by atoms with Gasteiger partial charge in [0.2, 0.25) is 10.0 Å². The molecule has 0 unspecified atom stereocenters. The highest BCUT2D eigenvalue weighted by Crippen LogP contribution is 2.38. The Morgan fingerprint density at radius 1 is 1.10 bits per heavy atom. The third-order valence-corrected chi connectivity index (χ3v) is 8.52. The lowest BCUT2D eigenvalue weighted by Crippen LogP contribution is -2.30. The third-order valence-electron chi connectivity index (χ3n) is 4.80. The Morgan fingerprint density at radius 3 is 2.42 bits per heavy atom. The lowest BCUT2D eigenvalue weighted by atomic mass is 10.2. The summed E-state index contributed by atoms with van der Waals surface area (Å²) in [5.74, 6) is 0.516. The molecule has 0 saturated carbocycles. The van der Waals surface area contributed by atoms with Gasteiger partial charge in [-0.05, 0) is 36.4 Å². The van der Waals surface area contributed by atoms with Crippen LogP contribution in [0.25, 0.3) is 10.1 Å². The maximum absolute atomic E-state index is 13.0. The van der Waals surface area contributed by atoms with Crippen LogP contribution in [-0.4, -0.2) is 45.9 Å². The summed E-state index contributed by atoms with van der Waals surface area (Å²) < 4.78 is 38.5. The summed E-state index contributed by atoms with van der Waals surface area (Å²) in [7, 11) is -0.694. The maximum atomic E-state index is 13.0. The van der Waals surface area contributed by atoms with Gasteiger partial charge in [-0.15, -0.1) is 11.3 Å². The van der Waals surface area contributed by atoms with Crippen molar-refractivity contribution in [3.05, 3.63) is 46.3 Å². The second-order valence-electron chi connectivity index (χ2n) is 6.51. The number of hydrogen-bond donors (Lipinski definition) is 1. The number of hydrogen-bond acceptors (Lipinski definition) is 6. The summed E-state index contributed by atoms with van der Waals surface area (Å²) in [5.41, 5.74) is 0.242. The van der Waals surface area contributed by atoms with Gasteiger partial charge in [-0.1, -0.05) is 25.4 Å². The number of carbonyl (C=O) groups is 1. The van der Waals surface area contributed by atoms with E-state index in [2.05, 4.69) is 5.32 Å². The van der Waals surface area contributed by atoms with Crippen LogP contribution < -0.4 is 14.8 Å². The normalized spacial score (nSPS) is 11.7. The molecule has 3 aromatic rings. The molecule has 7 nitrogen and oxygen atoms in total. The van der Waals surface area contributed by atoms with Gasteiger partial charge in [0.1, 0.15) is 16.4 Å². The number of thiophene rings is 1. The molecule has 0 spiro atoms. The quantitative estimate of drug-likeness (QED) is 0.495. The highest BCUT2D eigenvalue weighted by Gasteiger charge is 2.24. The molecule has 0 aliphatic rings. The predicted octanol–water partition coefficient (Wildman–Crippen LogP) is 4.85. The number of benzene rings is 2. The van der Waals surface area contributed by atoms with Crippen LogP contribution in [0.4, 0.5) is 5.69 Å². The Hall–Kier alpha value is -2.33. The number of halogens is 1. The van der Waals surface area contributed by atoms with Crippen molar-refractivity contribution >= 4 is 54.6 Å². The van der Waals surface area contributed by atoms with Gasteiger partial charge in [-0.25, -0.2) is 8.42 Å². The Labute approximate surface area is 190 Å². The van der Waals surface area contributed by atoms with Gasteiger partial charge in [0.25, 0.3) is 5.91 Å². The number of anilines is 1. The molecular formula is C21H23ClN2O5S2. The zero-order chi connectivity index (χ0) is 22.8. The summed E-state index contributed by atoms with van der Waals surface area (Å²) in [6, 6.07) is 9.77. The van der Waals surface area contributed by atoms with Gasteiger partial charge < -0.3 is 14.8 Å². The molecule has 10 heteroatoms. The van der Waals surface area contributed by atoms with E-state index >= 15 is 0 Å². The smallest absolute Gasteiger partial charge is 0.267 e. The minimum atomic E-state index is -3.70. The Balaban J connectivity index is 1.99. The number of carbonyl (C=O) groups excluding carboxylic acids is 1. The van der Waals surface area contributed by atoms with Crippen LogP contribution in [0.2, 0.25) is 5.02 Å². The van der Waals surface area contributed by atoms with E-state index in [0.29, 0.717) is 39.9 Å². The molecule has 0 aliphatic heterocycles. The van der Waals surface area contributed by atoms with Gasteiger partial charge in [0.15, 0.2) is 0 Å². The van der Waals surface area contributed by atoms with E-state index in [4.69, 9.17) is 21.1 Å². The van der Waals surface area contributed by atoms with Crippen molar-refractivity contribution < 1.29 is 22.7 Å². The summed E-state index contributed by atoms with van der Waals surface area (Å²) >= 11 is 7.70. The summed E-state index contributed by atoms with van der Waals surface area (Å²) in [5, 5.41) is 3.76. The molecule has 1 amide bonds. The van der Waals surface area contributed by atoms with Crippen molar-refractivity contribution in [2.75, 3.05) is 32.6 Å². The molecule has 0 radical (unpaired) electrons. The fourth-order valence-corrected chi connectivity index (χ4v) is 6.03. The molecule has 0 fully saturated rings. The average Bonchev–Trinajstić information content (AvgIpc) is 3.10. The van der Waals surface area contributed by atoms with E-state index in [1.54, 1.807) is 33.1 Å². The number of ether oxygens (including phenoxy) is 2. The van der Waals surface area contributed by atoms with Crippen LogP contribution in [0.3, 0.4) is 0 Å². The van der Waals surface area contributed by atoms with E-state index in [-0.39, 0.29) is 10.6 Å². The van der Waals surface area contributed by atoms with Gasteiger partial charge in [-0.2, -0.15) is 4.31 Å². The largest absolute Gasteiger partial charge is 0.497 e. The second-order valence-corrected chi connectivity index (χ2v) is 9.88. The zero-order valence-corrected chi connectivity index (χ0v) is 20.0. The SMILES string of the molecule is CCN(CC)S(=O)(=O)c1ccc(OC)c(NC(=O)c2sc3ccc(OC)cc3c2Cl)c1. The Morgan fingerprint density at radius 2 is 1.81 bits per heavy atom. The number of methoxy groups -OCH3 is 2. The lowest BCUT2D eigenvalue weighted by Gasteiger charge is -2.19. The van der Waals surface area contributed by atoms with E-state index in [9.17, 15) is 13.2 Å². The zero-order valence-electron chi connectivity index (χ0n) is 17.6. The van der Waals surface area contributed by atoms with Crippen LogP contribution in [0.5, 0.6) is 11.5 Å². The van der Waals surface area contributed by atoms with Gasteiger partial charge in [0, 0.05) is 23.2 Å². The number of fused-ring (bicyclic) bond motifs is 1. The molecule has 0 saturated heterocycles. The van der Waals surface area contributed by atoms with E-state index in [1.807, 2.05) is 6.07 Å². The number of amides is 1. The van der Waals surface area contributed by atoms with Crippen molar-refractivity contribution in [2.24, 2.45) is 0 Å². The fraction of sp³-hybridized carbons (Fsp3) is 0.286. The molecule has 0 atom stereocenters. The number of nitrogens with zero attached hydrogens (tertiary/aromatic N) is 1. The first kappa shape index (κ1) is 23.3.